The predicted molar refractivity (Wildman–Crippen MR) is 137 cm³/mol. The van der Waals surface area contributed by atoms with Crippen molar-refractivity contribution in [3.05, 3.63) is 87.5 Å². The first-order chi connectivity index (χ1) is 17.4. The molecule has 36 heavy (non-hydrogen) atoms. The van der Waals surface area contributed by atoms with E-state index in [4.69, 9.17) is 9.47 Å². The summed E-state index contributed by atoms with van der Waals surface area (Å²) >= 11 is 0. The molecule has 0 saturated heterocycles. The van der Waals surface area contributed by atoms with E-state index in [1.54, 1.807) is 11.8 Å². The molecular weight excluding hydrogens is 454 g/mol. The number of ether oxygens (including phenoxy) is 2. The molecule has 1 N–H and O–H groups in total. The second-order valence-corrected chi connectivity index (χ2v) is 9.52. The van der Waals surface area contributed by atoms with Crippen LogP contribution in [0.4, 0.5) is 0 Å². The summed E-state index contributed by atoms with van der Waals surface area (Å²) in [5.41, 5.74) is 9.63. The molecule has 7 nitrogen and oxygen atoms in total. The van der Waals surface area contributed by atoms with Crippen molar-refractivity contribution >= 4 is 17.0 Å². The van der Waals surface area contributed by atoms with Gasteiger partial charge < -0.3 is 14.6 Å². The number of aryl methyl sites for hydroxylation is 3. The molecule has 0 bridgehead atoms. The fourth-order valence-electron chi connectivity index (χ4n) is 5.36. The lowest BCUT2D eigenvalue weighted by molar-refractivity contribution is -0.137. The lowest BCUT2D eigenvalue weighted by Gasteiger charge is -2.21. The van der Waals surface area contributed by atoms with Gasteiger partial charge in [0.1, 0.15) is 11.3 Å². The Bertz CT molecular complexity index is 1410. The van der Waals surface area contributed by atoms with Gasteiger partial charge >= 0.3 is 5.97 Å². The van der Waals surface area contributed by atoms with E-state index in [1.165, 1.54) is 11.1 Å². The highest BCUT2D eigenvalue weighted by molar-refractivity contribution is 5.80. The van der Waals surface area contributed by atoms with E-state index >= 15 is 0 Å². The van der Waals surface area contributed by atoms with Crippen LogP contribution < -0.4 is 4.74 Å². The van der Waals surface area contributed by atoms with E-state index in [0.717, 1.165) is 63.9 Å². The maximum atomic E-state index is 12.0. The monoisotopic (exact) mass is 485 g/mol. The number of benzene rings is 3. The van der Waals surface area contributed by atoms with Crippen molar-refractivity contribution in [1.29, 1.82) is 0 Å². The molecule has 4 aromatic rings. The zero-order valence-electron chi connectivity index (χ0n) is 21.0. The minimum atomic E-state index is -0.823. The molecule has 0 aliphatic heterocycles. The Balaban J connectivity index is 1.47. The predicted octanol–water partition coefficient (Wildman–Crippen LogP) is 5.10. The van der Waals surface area contributed by atoms with Crippen LogP contribution in [0.15, 0.2) is 48.5 Å². The molecule has 7 heteroatoms. The van der Waals surface area contributed by atoms with Crippen molar-refractivity contribution in [2.24, 2.45) is 7.05 Å². The molecule has 1 aliphatic rings. The van der Waals surface area contributed by atoms with Crippen molar-refractivity contribution in [3.8, 4) is 5.75 Å². The SMILES string of the molecule is COc1ccc(COCc2cc([C@H](CC(=O)O)c3ccc4c(nnn4C)c3C)cc3c2CCC3)cc1. The van der Waals surface area contributed by atoms with Gasteiger partial charge in [-0.25, -0.2) is 4.68 Å². The lowest BCUT2D eigenvalue weighted by Crippen LogP contribution is -2.11. The lowest BCUT2D eigenvalue weighted by atomic mass is 9.83. The summed E-state index contributed by atoms with van der Waals surface area (Å²) in [6, 6.07) is 16.3. The van der Waals surface area contributed by atoms with Gasteiger partial charge in [0.15, 0.2) is 0 Å². The Labute approximate surface area is 210 Å². The average Bonchev–Trinajstić information content (AvgIpc) is 3.50. The molecule has 0 amide bonds. The Hall–Kier alpha value is -3.71. The van der Waals surface area contributed by atoms with E-state index < -0.39 is 5.97 Å². The molecule has 1 aromatic heterocycles. The summed E-state index contributed by atoms with van der Waals surface area (Å²) in [5, 5.41) is 18.3. The largest absolute Gasteiger partial charge is 0.497 e. The van der Waals surface area contributed by atoms with Crippen LogP contribution >= 0.6 is 0 Å². The molecule has 1 atom stereocenters. The van der Waals surface area contributed by atoms with Crippen molar-refractivity contribution in [2.45, 2.75) is 51.7 Å². The van der Waals surface area contributed by atoms with Gasteiger partial charge in [0.2, 0.25) is 0 Å². The Morgan fingerprint density at radius 3 is 2.67 bits per heavy atom. The van der Waals surface area contributed by atoms with Gasteiger partial charge in [-0.2, -0.15) is 0 Å². The van der Waals surface area contributed by atoms with E-state index in [-0.39, 0.29) is 12.3 Å². The van der Waals surface area contributed by atoms with E-state index in [2.05, 4.69) is 22.4 Å². The summed E-state index contributed by atoms with van der Waals surface area (Å²) in [4.78, 5) is 12.0. The number of carboxylic acid groups (broad SMARTS) is 1. The number of carboxylic acids is 1. The fraction of sp³-hybridized carbons (Fsp3) is 0.345. The van der Waals surface area contributed by atoms with Crippen LogP contribution in [0.3, 0.4) is 0 Å². The van der Waals surface area contributed by atoms with Crippen LogP contribution in [0.5, 0.6) is 5.75 Å². The van der Waals surface area contributed by atoms with Gasteiger partial charge in [-0.15, -0.1) is 5.10 Å². The van der Waals surface area contributed by atoms with Gasteiger partial charge in [-0.05, 0) is 83.3 Å². The topological polar surface area (TPSA) is 86.5 Å². The molecule has 1 aliphatic carbocycles. The molecule has 0 unspecified atom stereocenters. The highest BCUT2D eigenvalue weighted by Gasteiger charge is 2.25. The molecule has 5 rings (SSSR count). The Morgan fingerprint density at radius 1 is 1.11 bits per heavy atom. The van der Waals surface area contributed by atoms with Gasteiger partial charge in [-0.1, -0.05) is 35.5 Å². The molecule has 1 heterocycles. The standard InChI is InChI=1S/C29H31N3O4/c1-18-24(11-12-27-29(18)30-31-32(27)2)26(15-28(33)34)21-13-20-5-4-6-25(20)22(14-21)17-36-16-19-7-9-23(35-3)10-8-19/h7-14,26H,4-6,15-17H2,1-3H3,(H,33,34)/t26-/m0/s1. The number of hydrogen-bond donors (Lipinski definition) is 1. The van der Waals surface area contributed by atoms with Crippen molar-refractivity contribution < 1.29 is 19.4 Å². The first-order valence-corrected chi connectivity index (χ1v) is 12.3. The van der Waals surface area contributed by atoms with Crippen molar-refractivity contribution in [3.63, 3.8) is 0 Å². The number of carbonyl (C=O) groups is 1. The van der Waals surface area contributed by atoms with Crippen molar-refractivity contribution in [2.75, 3.05) is 7.11 Å². The van der Waals surface area contributed by atoms with Gasteiger partial charge in [0, 0.05) is 13.0 Å². The molecule has 0 spiro atoms. The Kier molecular flexibility index (Phi) is 6.74. The third kappa shape index (κ3) is 4.71. The number of rotatable bonds is 9. The number of aliphatic carboxylic acids is 1. The first kappa shape index (κ1) is 24.0. The van der Waals surface area contributed by atoms with Gasteiger partial charge in [0.25, 0.3) is 0 Å². The highest BCUT2D eigenvalue weighted by Crippen LogP contribution is 2.37. The van der Waals surface area contributed by atoms with Crippen LogP contribution in [0, 0.1) is 6.92 Å². The molecule has 0 radical (unpaired) electrons. The fourth-order valence-corrected chi connectivity index (χ4v) is 5.36. The summed E-state index contributed by atoms with van der Waals surface area (Å²) in [6.07, 6.45) is 3.16. The summed E-state index contributed by atoms with van der Waals surface area (Å²) < 4.78 is 13.1. The number of fused-ring (bicyclic) bond motifs is 2. The van der Waals surface area contributed by atoms with Crippen LogP contribution in [-0.2, 0) is 42.6 Å². The third-order valence-electron chi connectivity index (χ3n) is 7.25. The second kappa shape index (κ2) is 10.1. The number of methoxy groups -OCH3 is 1. The van der Waals surface area contributed by atoms with Gasteiger partial charge in [0.05, 0.1) is 32.3 Å². The van der Waals surface area contributed by atoms with Crippen LogP contribution in [-0.4, -0.2) is 33.2 Å². The minimum absolute atomic E-state index is 0.0114. The molecule has 0 fully saturated rings. The normalized spacial score (nSPS) is 13.6. The first-order valence-electron chi connectivity index (χ1n) is 12.3. The van der Waals surface area contributed by atoms with Crippen LogP contribution in [0.1, 0.15) is 57.7 Å². The summed E-state index contributed by atoms with van der Waals surface area (Å²) in [6.45, 7) is 3.00. The third-order valence-corrected chi connectivity index (χ3v) is 7.25. The number of hydrogen-bond acceptors (Lipinski definition) is 5. The zero-order chi connectivity index (χ0) is 25.2. The summed E-state index contributed by atoms with van der Waals surface area (Å²) in [7, 11) is 3.52. The molecule has 3 aromatic carbocycles. The minimum Gasteiger partial charge on any atom is -0.497 e. The van der Waals surface area contributed by atoms with Crippen LogP contribution in [0.2, 0.25) is 0 Å². The highest BCUT2D eigenvalue weighted by atomic mass is 16.5. The van der Waals surface area contributed by atoms with Gasteiger partial charge in [-0.3, -0.25) is 4.79 Å². The maximum Gasteiger partial charge on any atom is 0.304 e. The van der Waals surface area contributed by atoms with E-state index in [9.17, 15) is 9.90 Å². The quantitative estimate of drug-likeness (QED) is 0.355. The maximum absolute atomic E-state index is 12.0. The zero-order valence-corrected chi connectivity index (χ0v) is 21.0. The van der Waals surface area contributed by atoms with E-state index in [1.807, 2.05) is 50.4 Å². The second-order valence-electron chi connectivity index (χ2n) is 9.52. The molecule has 0 saturated carbocycles. The van der Waals surface area contributed by atoms with E-state index in [0.29, 0.717) is 13.2 Å². The number of nitrogens with zero attached hydrogens (tertiary/aromatic N) is 3. The van der Waals surface area contributed by atoms with Crippen LogP contribution in [0.25, 0.3) is 11.0 Å². The molecule has 186 valence electrons. The smallest absolute Gasteiger partial charge is 0.304 e. The Morgan fingerprint density at radius 2 is 1.92 bits per heavy atom. The number of aromatic nitrogens is 3. The molecular formula is C29H31N3O4. The van der Waals surface area contributed by atoms with Crippen molar-refractivity contribution in [1.82, 2.24) is 15.0 Å². The summed E-state index contributed by atoms with van der Waals surface area (Å²) in [5.74, 6) is -0.278. The average molecular weight is 486 g/mol.